The van der Waals surface area contributed by atoms with Gasteiger partial charge in [0.1, 0.15) is 9.93 Å². The van der Waals surface area contributed by atoms with Crippen LogP contribution in [0.5, 0.6) is 0 Å². The van der Waals surface area contributed by atoms with Crippen molar-refractivity contribution in [3.63, 3.8) is 0 Å². The summed E-state index contributed by atoms with van der Waals surface area (Å²) in [6, 6.07) is 22.4. The first kappa shape index (κ1) is 22.4. The van der Waals surface area contributed by atoms with Crippen LogP contribution < -0.4 is 9.80 Å². The van der Waals surface area contributed by atoms with Gasteiger partial charge in [0.25, 0.3) is 5.91 Å². The molecule has 1 saturated heterocycles. The number of thioether (sulfide) groups is 2. The van der Waals surface area contributed by atoms with Crippen molar-refractivity contribution in [2.45, 2.75) is 25.7 Å². The van der Waals surface area contributed by atoms with Crippen molar-refractivity contribution < 1.29 is 4.79 Å². The Morgan fingerprint density at radius 1 is 0.971 bits per heavy atom. The lowest BCUT2D eigenvalue weighted by Gasteiger charge is -2.19. The van der Waals surface area contributed by atoms with Gasteiger partial charge in [0.05, 0.1) is 32.3 Å². The van der Waals surface area contributed by atoms with E-state index >= 15 is 0 Å². The molecule has 5 nitrogen and oxygen atoms in total. The number of amides is 1. The van der Waals surface area contributed by atoms with E-state index in [0.29, 0.717) is 10.1 Å². The van der Waals surface area contributed by atoms with Gasteiger partial charge < -0.3 is 4.90 Å². The van der Waals surface area contributed by atoms with Gasteiger partial charge in [0.2, 0.25) is 0 Å². The van der Waals surface area contributed by atoms with E-state index in [2.05, 4.69) is 35.0 Å². The molecule has 4 aromatic rings. The van der Waals surface area contributed by atoms with E-state index in [-0.39, 0.29) is 5.91 Å². The lowest BCUT2D eigenvalue weighted by atomic mass is 10.2. The van der Waals surface area contributed by atoms with Crippen molar-refractivity contribution in [3.05, 3.63) is 87.2 Å². The molecule has 174 valence electrons. The SMILES string of the molecule is CCN1/C(=C2/SC(=Nc3ccc4nc(C)sc4c3)N(c3cccc(C)c3)C2=O)Sc2ccccc21. The van der Waals surface area contributed by atoms with Crippen LogP contribution in [0.3, 0.4) is 0 Å². The van der Waals surface area contributed by atoms with E-state index in [1.54, 1.807) is 28.0 Å². The minimum atomic E-state index is -0.0391. The molecule has 6 rings (SSSR count). The largest absolute Gasteiger partial charge is 0.334 e. The van der Waals surface area contributed by atoms with Crippen molar-refractivity contribution in [1.82, 2.24) is 4.98 Å². The van der Waals surface area contributed by atoms with Crippen molar-refractivity contribution in [3.8, 4) is 0 Å². The lowest BCUT2D eigenvalue weighted by molar-refractivity contribution is -0.113. The number of hydrogen-bond acceptors (Lipinski definition) is 7. The third-order valence-electron chi connectivity index (χ3n) is 5.86. The predicted octanol–water partition coefficient (Wildman–Crippen LogP) is 7.48. The molecule has 3 aromatic carbocycles. The zero-order valence-electron chi connectivity index (χ0n) is 19.5. The van der Waals surface area contributed by atoms with Crippen molar-refractivity contribution in [1.29, 1.82) is 0 Å². The Bertz CT molecular complexity index is 1560. The van der Waals surface area contributed by atoms with Crippen molar-refractivity contribution >= 4 is 73.2 Å². The van der Waals surface area contributed by atoms with Gasteiger partial charge in [-0.3, -0.25) is 9.69 Å². The molecule has 0 N–H and O–H groups in total. The Hall–Kier alpha value is -3.07. The first-order chi connectivity index (χ1) is 17.0. The fourth-order valence-electron chi connectivity index (χ4n) is 4.30. The molecule has 1 fully saturated rings. The normalized spacial score (nSPS) is 18.8. The average Bonchev–Trinajstić information content (AvgIpc) is 3.50. The van der Waals surface area contributed by atoms with Crippen LogP contribution in [-0.4, -0.2) is 22.6 Å². The Morgan fingerprint density at radius 3 is 2.66 bits per heavy atom. The lowest BCUT2D eigenvalue weighted by Crippen LogP contribution is -2.29. The van der Waals surface area contributed by atoms with Crippen LogP contribution in [0, 0.1) is 13.8 Å². The molecule has 0 radical (unpaired) electrons. The smallest absolute Gasteiger partial charge is 0.274 e. The Morgan fingerprint density at radius 2 is 1.83 bits per heavy atom. The number of aromatic nitrogens is 1. The topological polar surface area (TPSA) is 48.8 Å². The number of carbonyl (C=O) groups excluding carboxylic acids is 1. The number of para-hydroxylation sites is 1. The van der Waals surface area contributed by atoms with Crippen molar-refractivity contribution in [2.75, 3.05) is 16.3 Å². The number of fused-ring (bicyclic) bond motifs is 2. The van der Waals surface area contributed by atoms with Gasteiger partial charge in [-0.15, -0.1) is 11.3 Å². The van der Waals surface area contributed by atoms with Gasteiger partial charge in [0, 0.05) is 11.4 Å². The monoisotopic (exact) mass is 514 g/mol. The third kappa shape index (κ3) is 3.95. The van der Waals surface area contributed by atoms with E-state index in [1.165, 1.54) is 16.7 Å². The number of thiazole rings is 1. The Kier molecular flexibility index (Phi) is 5.67. The third-order valence-corrected chi connectivity index (χ3v) is 9.14. The van der Waals surface area contributed by atoms with Crippen LogP contribution >= 0.6 is 34.9 Å². The van der Waals surface area contributed by atoms with Crippen LogP contribution in [0.25, 0.3) is 10.2 Å². The summed E-state index contributed by atoms with van der Waals surface area (Å²) in [5.74, 6) is -0.0391. The van der Waals surface area contributed by atoms with E-state index in [0.717, 1.165) is 49.4 Å². The summed E-state index contributed by atoms with van der Waals surface area (Å²) in [7, 11) is 0. The van der Waals surface area contributed by atoms with Crippen LogP contribution in [0.15, 0.2) is 86.6 Å². The van der Waals surface area contributed by atoms with E-state index < -0.39 is 0 Å². The van der Waals surface area contributed by atoms with Crippen LogP contribution in [0.1, 0.15) is 17.5 Å². The molecule has 0 aliphatic carbocycles. The average molecular weight is 515 g/mol. The first-order valence-electron chi connectivity index (χ1n) is 11.4. The Balaban J connectivity index is 1.48. The highest BCUT2D eigenvalue weighted by Crippen LogP contribution is 2.51. The van der Waals surface area contributed by atoms with Gasteiger partial charge in [-0.2, -0.15) is 0 Å². The van der Waals surface area contributed by atoms with Gasteiger partial charge >= 0.3 is 0 Å². The highest BCUT2D eigenvalue weighted by Gasteiger charge is 2.40. The number of benzene rings is 3. The van der Waals surface area contributed by atoms with Gasteiger partial charge in [-0.05, 0) is 80.6 Å². The summed E-state index contributed by atoms with van der Waals surface area (Å²) < 4.78 is 1.10. The maximum Gasteiger partial charge on any atom is 0.274 e. The summed E-state index contributed by atoms with van der Waals surface area (Å²) in [6.07, 6.45) is 0. The highest BCUT2D eigenvalue weighted by molar-refractivity contribution is 8.20. The molecule has 3 heterocycles. The molecule has 35 heavy (non-hydrogen) atoms. The highest BCUT2D eigenvalue weighted by atomic mass is 32.2. The zero-order chi connectivity index (χ0) is 24.1. The number of amidine groups is 1. The number of aliphatic imine (C=N–C) groups is 1. The number of aryl methyl sites for hydroxylation is 2. The minimum absolute atomic E-state index is 0.0391. The van der Waals surface area contributed by atoms with Gasteiger partial charge in [0.15, 0.2) is 5.17 Å². The van der Waals surface area contributed by atoms with E-state index in [4.69, 9.17) is 4.99 Å². The molecule has 1 amide bonds. The molecule has 0 unspecified atom stereocenters. The molecule has 1 aromatic heterocycles. The minimum Gasteiger partial charge on any atom is -0.334 e. The second-order valence-electron chi connectivity index (χ2n) is 8.31. The number of rotatable bonds is 3. The number of anilines is 2. The molecule has 8 heteroatoms. The number of nitrogens with zero attached hydrogens (tertiary/aromatic N) is 4. The molecular formula is C27H22N4OS3. The predicted molar refractivity (Wildman–Crippen MR) is 150 cm³/mol. The van der Waals surface area contributed by atoms with Crippen LogP contribution in [0.4, 0.5) is 17.1 Å². The molecule has 2 aliphatic heterocycles. The first-order valence-corrected chi connectivity index (χ1v) is 13.8. The fourth-order valence-corrected chi connectivity index (χ4v) is 7.55. The fraction of sp³-hybridized carbons (Fsp3) is 0.148. The van der Waals surface area contributed by atoms with Gasteiger partial charge in [-0.25, -0.2) is 9.98 Å². The van der Waals surface area contributed by atoms with E-state index in [1.807, 2.05) is 62.4 Å². The summed E-state index contributed by atoms with van der Waals surface area (Å²) in [4.78, 5) is 29.3. The maximum atomic E-state index is 14.0. The number of carbonyl (C=O) groups is 1. The number of hydrogen-bond donors (Lipinski definition) is 0. The molecule has 0 bridgehead atoms. The summed E-state index contributed by atoms with van der Waals surface area (Å²) >= 11 is 4.76. The van der Waals surface area contributed by atoms with Crippen molar-refractivity contribution in [2.24, 2.45) is 4.99 Å². The zero-order valence-corrected chi connectivity index (χ0v) is 21.9. The Labute approximate surface area is 216 Å². The second kappa shape index (κ2) is 8.86. The second-order valence-corrected chi connectivity index (χ2v) is 11.6. The van der Waals surface area contributed by atoms with Crippen LogP contribution in [-0.2, 0) is 4.79 Å². The van der Waals surface area contributed by atoms with E-state index in [9.17, 15) is 4.79 Å². The summed E-state index contributed by atoms with van der Waals surface area (Å²) in [5, 5.41) is 2.66. The summed E-state index contributed by atoms with van der Waals surface area (Å²) in [5.41, 5.74) is 4.86. The maximum absolute atomic E-state index is 14.0. The quantitative estimate of drug-likeness (QED) is 0.265. The van der Waals surface area contributed by atoms with Crippen LogP contribution in [0.2, 0.25) is 0 Å². The molecular weight excluding hydrogens is 493 g/mol. The molecule has 2 aliphatic rings. The molecule has 0 atom stereocenters. The molecule has 0 saturated carbocycles. The molecule has 0 spiro atoms. The standard InChI is InChI=1S/C27H22N4OS3/c1-4-30-21-10-5-6-11-22(21)34-26(30)24-25(32)31(19-9-7-8-16(2)14-19)27(35-24)29-18-12-13-20-23(15-18)33-17(3)28-20/h5-15H,4H2,1-3H3/b26-24-,29-27?. The van der Waals surface area contributed by atoms with Gasteiger partial charge in [-0.1, -0.05) is 36.0 Å². The summed E-state index contributed by atoms with van der Waals surface area (Å²) in [6.45, 7) is 6.95.